The quantitative estimate of drug-likeness (QED) is 0.432. The minimum absolute atomic E-state index is 0.888. The number of hydrogen-bond acceptors (Lipinski definition) is 0. The SMILES string of the molecule is C/C=C\C[Si](C(C)C)(C(C)C)C(C)C. The highest BCUT2D eigenvalue weighted by Gasteiger charge is 2.40. The van der Waals surface area contributed by atoms with Crippen molar-refractivity contribution in [3.63, 3.8) is 0 Å². The molecule has 0 amide bonds. The maximum atomic E-state index is 2.43. The lowest BCUT2D eigenvalue weighted by molar-refractivity contribution is 0.811. The normalized spacial score (nSPS) is 13.9. The van der Waals surface area contributed by atoms with Crippen molar-refractivity contribution in [2.45, 2.75) is 71.1 Å². The van der Waals surface area contributed by atoms with Crippen molar-refractivity contribution in [1.82, 2.24) is 0 Å². The van der Waals surface area contributed by atoms with Gasteiger partial charge in [0.05, 0.1) is 8.07 Å². The molecule has 0 saturated heterocycles. The Hall–Kier alpha value is -0.0431. The van der Waals surface area contributed by atoms with Crippen LogP contribution in [0, 0.1) is 0 Å². The first kappa shape index (κ1) is 14.0. The Morgan fingerprint density at radius 3 is 1.43 bits per heavy atom. The van der Waals surface area contributed by atoms with Crippen molar-refractivity contribution in [1.29, 1.82) is 0 Å². The number of allylic oxidation sites excluding steroid dienone is 2. The van der Waals surface area contributed by atoms with Crippen molar-refractivity contribution in [3.8, 4) is 0 Å². The van der Waals surface area contributed by atoms with Gasteiger partial charge in [-0.15, -0.1) is 0 Å². The number of rotatable bonds is 5. The Labute approximate surface area is 91.8 Å². The average molecular weight is 212 g/mol. The lowest BCUT2D eigenvalue weighted by Crippen LogP contribution is -2.43. The Bertz CT molecular complexity index is 156. The molecule has 14 heavy (non-hydrogen) atoms. The summed E-state index contributed by atoms with van der Waals surface area (Å²) in [6.07, 6.45) is 4.61. The highest BCUT2D eigenvalue weighted by molar-refractivity contribution is 6.83. The van der Waals surface area contributed by atoms with Crippen LogP contribution in [0.4, 0.5) is 0 Å². The second kappa shape index (κ2) is 5.74. The summed E-state index contributed by atoms with van der Waals surface area (Å²) in [7, 11) is -1.14. The van der Waals surface area contributed by atoms with Crippen molar-refractivity contribution < 1.29 is 0 Å². The van der Waals surface area contributed by atoms with E-state index in [1.54, 1.807) is 0 Å². The molecule has 0 bridgehead atoms. The maximum absolute atomic E-state index is 2.43. The van der Waals surface area contributed by atoms with E-state index in [0.717, 1.165) is 16.6 Å². The predicted molar refractivity (Wildman–Crippen MR) is 70.7 cm³/mol. The van der Waals surface area contributed by atoms with Crippen LogP contribution in [-0.4, -0.2) is 8.07 Å². The zero-order valence-corrected chi connectivity index (χ0v) is 12.1. The molecule has 0 aromatic rings. The Morgan fingerprint density at radius 2 is 1.21 bits per heavy atom. The highest BCUT2D eigenvalue weighted by atomic mass is 28.3. The van der Waals surface area contributed by atoms with E-state index in [-0.39, 0.29) is 0 Å². The van der Waals surface area contributed by atoms with Crippen molar-refractivity contribution in [3.05, 3.63) is 12.2 Å². The lowest BCUT2D eigenvalue weighted by atomic mass is 10.5. The minimum atomic E-state index is -1.14. The number of hydrogen-bond donors (Lipinski definition) is 0. The summed E-state index contributed by atoms with van der Waals surface area (Å²) >= 11 is 0. The lowest BCUT2D eigenvalue weighted by Gasteiger charge is -2.42. The molecule has 0 heterocycles. The largest absolute Gasteiger partial charge is 0.0919 e. The van der Waals surface area contributed by atoms with Crippen LogP contribution in [0.25, 0.3) is 0 Å². The average Bonchev–Trinajstić information content (AvgIpc) is 2.03. The molecule has 0 spiro atoms. The maximum Gasteiger partial charge on any atom is 0.0650 e. The summed E-state index contributed by atoms with van der Waals surface area (Å²) in [4.78, 5) is 0. The summed E-state index contributed by atoms with van der Waals surface area (Å²) in [5, 5.41) is 0. The minimum Gasteiger partial charge on any atom is -0.0919 e. The third-order valence-corrected chi connectivity index (χ3v) is 11.3. The first-order valence-electron chi connectivity index (χ1n) is 6.00. The van der Waals surface area contributed by atoms with Crippen LogP contribution < -0.4 is 0 Å². The van der Waals surface area contributed by atoms with E-state index in [4.69, 9.17) is 0 Å². The monoisotopic (exact) mass is 212 g/mol. The fourth-order valence-corrected chi connectivity index (χ4v) is 9.09. The molecule has 0 rings (SSSR count). The van der Waals surface area contributed by atoms with Crippen LogP contribution in [-0.2, 0) is 0 Å². The first-order valence-corrected chi connectivity index (χ1v) is 8.44. The Kier molecular flexibility index (Phi) is 5.73. The summed E-state index contributed by atoms with van der Waals surface area (Å²) in [5.41, 5.74) is 2.66. The molecule has 84 valence electrons. The van der Waals surface area contributed by atoms with Gasteiger partial charge in [0.1, 0.15) is 0 Å². The molecule has 0 fully saturated rings. The highest BCUT2D eigenvalue weighted by Crippen LogP contribution is 2.44. The van der Waals surface area contributed by atoms with Gasteiger partial charge < -0.3 is 0 Å². The van der Waals surface area contributed by atoms with E-state index >= 15 is 0 Å². The predicted octanol–water partition coefficient (Wildman–Crippen LogP) is 5.24. The zero-order chi connectivity index (χ0) is 11.4. The summed E-state index contributed by atoms with van der Waals surface area (Å²) in [6.45, 7) is 16.7. The van der Waals surface area contributed by atoms with E-state index in [0.29, 0.717) is 0 Å². The standard InChI is InChI=1S/C13H28Si/c1-8-9-10-14(11(2)3,12(4)5)13(6)7/h8-9,11-13H,10H2,1-7H3/b9-8-. The first-order chi connectivity index (χ1) is 6.39. The third kappa shape index (κ3) is 2.72. The Morgan fingerprint density at radius 1 is 0.857 bits per heavy atom. The van der Waals surface area contributed by atoms with Gasteiger partial charge in [0.2, 0.25) is 0 Å². The van der Waals surface area contributed by atoms with Gasteiger partial charge in [-0.25, -0.2) is 0 Å². The molecule has 0 aromatic heterocycles. The molecule has 0 nitrogen and oxygen atoms in total. The van der Waals surface area contributed by atoms with E-state index in [9.17, 15) is 0 Å². The molecule has 0 N–H and O–H groups in total. The van der Waals surface area contributed by atoms with E-state index < -0.39 is 8.07 Å². The molecule has 0 aliphatic carbocycles. The summed E-state index contributed by atoms with van der Waals surface area (Å²) in [5.74, 6) is 0. The topological polar surface area (TPSA) is 0 Å². The van der Waals surface area contributed by atoms with Crippen LogP contribution >= 0.6 is 0 Å². The van der Waals surface area contributed by atoms with Crippen LogP contribution in [0.1, 0.15) is 48.5 Å². The fraction of sp³-hybridized carbons (Fsp3) is 0.846. The zero-order valence-electron chi connectivity index (χ0n) is 11.1. The van der Waals surface area contributed by atoms with Crippen molar-refractivity contribution in [2.75, 3.05) is 0 Å². The van der Waals surface area contributed by atoms with Crippen LogP contribution in [0.5, 0.6) is 0 Å². The van der Waals surface area contributed by atoms with Gasteiger partial charge in [0.25, 0.3) is 0 Å². The molecule has 0 aliphatic rings. The van der Waals surface area contributed by atoms with Gasteiger partial charge in [-0.2, -0.15) is 0 Å². The van der Waals surface area contributed by atoms with Gasteiger partial charge in [0.15, 0.2) is 0 Å². The van der Waals surface area contributed by atoms with E-state index in [2.05, 4.69) is 60.6 Å². The second-order valence-corrected chi connectivity index (χ2v) is 11.4. The molecule has 0 aromatic carbocycles. The van der Waals surface area contributed by atoms with Crippen molar-refractivity contribution >= 4 is 8.07 Å². The van der Waals surface area contributed by atoms with Crippen molar-refractivity contribution in [2.24, 2.45) is 0 Å². The molecule has 1 heteroatoms. The van der Waals surface area contributed by atoms with Crippen LogP contribution in [0.15, 0.2) is 12.2 Å². The molecule has 0 aliphatic heterocycles. The van der Waals surface area contributed by atoms with Gasteiger partial charge in [-0.1, -0.05) is 70.3 Å². The molecule has 0 unspecified atom stereocenters. The fourth-order valence-electron chi connectivity index (χ4n) is 3.03. The van der Waals surface area contributed by atoms with Gasteiger partial charge >= 0.3 is 0 Å². The van der Waals surface area contributed by atoms with Crippen LogP contribution in [0.2, 0.25) is 22.7 Å². The second-order valence-electron chi connectivity index (χ2n) is 5.35. The van der Waals surface area contributed by atoms with E-state index in [1.165, 1.54) is 6.04 Å². The molecular weight excluding hydrogens is 184 g/mol. The summed E-state index contributed by atoms with van der Waals surface area (Å²) in [6, 6.07) is 1.36. The molecule has 0 atom stereocenters. The molecule has 0 saturated carbocycles. The van der Waals surface area contributed by atoms with E-state index in [1.807, 2.05) is 0 Å². The molecule has 0 radical (unpaired) electrons. The molecular formula is C13H28Si. The van der Waals surface area contributed by atoms with Gasteiger partial charge in [0, 0.05) is 0 Å². The van der Waals surface area contributed by atoms with Gasteiger partial charge in [-0.05, 0) is 13.0 Å². The summed E-state index contributed by atoms with van der Waals surface area (Å²) < 4.78 is 0. The van der Waals surface area contributed by atoms with Crippen LogP contribution in [0.3, 0.4) is 0 Å². The Balaban J connectivity index is 4.94. The smallest absolute Gasteiger partial charge is 0.0650 e. The van der Waals surface area contributed by atoms with Gasteiger partial charge in [-0.3, -0.25) is 0 Å². The third-order valence-electron chi connectivity index (χ3n) is 3.93.